The van der Waals surface area contributed by atoms with Crippen LogP contribution in [-0.4, -0.2) is 27.3 Å². The normalized spacial score (nSPS) is 11.0. The van der Waals surface area contributed by atoms with Gasteiger partial charge in [-0.25, -0.2) is 0 Å². The summed E-state index contributed by atoms with van der Waals surface area (Å²) in [6, 6.07) is 14.5. The van der Waals surface area contributed by atoms with Crippen molar-refractivity contribution < 1.29 is 9.47 Å². The predicted octanol–water partition coefficient (Wildman–Crippen LogP) is 6.28. The summed E-state index contributed by atoms with van der Waals surface area (Å²) in [6.45, 7) is 6.70. The quantitative estimate of drug-likeness (QED) is 0.436. The Balaban J connectivity index is 2.32. The zero-order valence-corrected chi connectivity index (χ0v) is 17.2. The molecule has 0 N–H and O–H groups in total. The van der Waals surface area contributed by atoms with Gasteiger partial charge in [-0.1, -0.05) is 57.0 Å². The molecular formula is C24H33NO2. The molecule has 0 saturated carbocycles. The molecule has 0 unspecified atom stereocenters. The standard InChI is InChI=1S/C24H33NO2/c1-5-7-17-25(18-8-6-2)23-12-10-9-11-20(23)13-14-21-19-22(26-3)15-16-24(21)27-4/h9-16,19H,5-8,17-18H2,1-4H3/b14-13+. The highest BCUT2D eigenvalue weighted by atomic mass is 16.5. The van der Waals surface area contributed by atoms with E-state index in [-0.39, 0.29) is 0 Å². The Bertz CT molecular complexity index is 716. The monoisotopic (exact) mass is 367 g/mol. The van der Waals surface area contributed by atoms with Gasteiger partial charge in [-0.05, 0) is 42.7 Å². The third-order valence-corrected chi connectivity index (χ3v) is 4.72. The minimum absolute atomic E-state index is 0.830. The van der Waals surface area contributed by atoms with Crippen LogP contribution >= 0.6 is 0 Å². The number of hydrogen-bond acceptors (Lipinski definition) is 3. The van der Waals surface area contributed by atoms with Crippen LogP contribution in [0.25, 0.3) is 12.2 Å². The topological polar surface area (TPSA) is 21.7 Å². The van der Waals surface area contributed by atoms with E-state index >= 15 is 0 Å². The van der Waals surface area contributed by atoms with E-state index in [4.69, 9.17) is 9.47 Å². The number of hydrogen-bond donors (Lipinski definition) is 0. The van der Waals surface area contributed by atoms with Gasteiger partial charge in [0.05, 0.1) is 14.2 Å². The lowest BCUT2D eigenvalue weighted by Crippen LogP contribution is -2.26. The number of anilines is 1. The number of unbranched alkanes of at least 4 members (excludes halogenated alkanes) is 2. The summed E-state index contributed by atoms with van der Waals surface area (Å²) in [5, 5.41) is 0. The van der Waals surface area contributed by atoms with Crippen molar-refractivity contribution in [1.82, 2.24) is 0 Å². The lowest BCUT2D eigenvalue weighted by atomic mass is 10.1. The molecular weight excluding hydrogens is 334 g/mol. The Hall–Kier alpha value is -2.42. The molecule has 0 atom stereocenters. The molecule has 0 heterocycles. The SMILES string of the molecule is CCCCN(CCCC)c1ccccc1/C=C/c1cc(OC)ccc1OC. The molecule has 0 spiro atoms. The van der Waals surface area contributed by atoms with Gasteiger partial charge in [-0.2, -0.15) is 0 Å². The van der Waals surface area contributed by atoms with Crippen molar-refractivity contribution in [3.05, 3.63) is 53.6 Å². The Morgan fingerprint density at radius 2 is 1.48 bits per heavy atom. The van der Waals surface area contributed by atoms with Crippen molar-refractivity contribution in [2.24, 2.45) is 0 Å². The molecule has 0 aromatic heterocycles. The molecule has 0 aliphatic carbocycles. The van der Waals surface area contributed by atoms with Crippen molar-refractivity contribution in [3.8, 4) is 11.5 Å². The first-order chi connectivity index (χ1) is 13.2. The van der Waals surface area contributed by atoms with Crippen LogP contribution in [0.3, 0.4) is 0 Å². The van der Waals surface area contributed by atoms with Crippen LogP contribution in [0.15, 0.2) is 42.5 Å². The minimum Gasteiger partial charge on any atom is -0.497 e. The number of para-hydroxylation sites is 1. The Labute approximate surface area is 164 Å². The Morgan fingerprint density at radius 3 is 2.11 bits per heavy atom. The number of nitrogens with zero attached hydrogens (tertiary/aromatic N) is 1. The summed E-state index contributed by atoms with van der Waals surface area (Å²) in [7, 11) is 3.38. The van der Waals surface area contributed by atoms with Gasteiger partial charge in [0, 0.05) is 24.3 Å². The van der Waals surface area contributed by atoms with Crippen molar-refractivity contribution in [1.29, 1.82) is 0 Å². The van der Waals surface area contributed by atoms with Crippen LogP contribution in [0.5, 0.6) is 11.5 Å². The molecule has 0 saturated heterocycles. The largest absolute Gasteiger partial charge is 0.497 e. The summed E-state index contributed by atoms with van der Waals surface area (Å²) in [5.41, 5.74) is 3.55. The lowest BCUT2D eigenvalue weighted by molar-refractivity contribution is 0.402. The van der Waals surface area contributed by atoms with E-state index in [1.54, 1.807) is 14.2 Å². The van der Waals surface area contributed by atoms with E-state index in [0.717, 1.165) is 30.2 Å². The fourth-order valence-corrected chi connectivity index (χ4v) is 3.12. The average Bonchev–Trinajstić information content (AvgIpc) is 2.72. The van der Waals surface area contributed by atoms with Crippen molar-refractivity contribution in [3.63, 3.8) is 0 Å². The van der Waals surface area contributed by atoms with Gasteiger partial charge in [-0.3, -0.25) is 0 Å². The summed E-state index contributed by atoms with van der Waals surface area (Å²) in [6.07, 6.45) is 9.13. The van der Waals surface area contributed by atoms with Crippen molar-refractivity contribution >= 4 is 17.8 Å². The summed E-state index contributed by atoms with van der Waals surface area (Å²) in [4.78, 5) is 2.52. The van der Waals surface area contributed by atoms with Gasteiger partial charge in [0.2, 0.25) is 0 Å². The maximum atomic E-state index is 5.50. The van der Waals surface area contributed by atoms with Gasteiger partial charge in [0.1, 0.15) is 11.5 Å². The van der Waals surface area contributed by atoms with E-state index in [0.29, 0.717) is 0 Å². The second-order valence-electron chi connectivity index (χ2n) is 6.69. The zero-order valence-electron chi connectivity index (χ0n) is 17.2. The summed E-state index contributed by atoms with van der Waals surface area (Å²) in [5.74, 6) is 1.68. The Kier molecular flexibility index (Phi) is 8.76. The maximum absolute atomic E-state index is 5.50. The number of methoxy groups -OCH3 is 2. The maximum Gasteiger partial charge on any atom is 0.126 e. The minimum atomic E-state index is 0.830. The second-order valence-corrected chi connectivity index (χ2v) is 6.69. The first-order valence-corrected chi connectivity index (χ1v) is 9.97. The predicted molar refractivity (Wildman–Crippen MR) is 117 cm³/mol. The molecule has 0 fully saturated rings. The number of benzene rings is 2. The molecule has 146 valence electrons. The third kappa shape index (κ3) is 6.06. The van der Waals surface area contributed by atoms with Gasteiger partial charge >= 0.3 is 0 Å². The van der Waals surface area contributed by atoms with Gasteiger partial charge < -0.3 is 14.4 Å². The van der Waals surface area contributed by atoms with E-state index in [2.05, 4.69) is 55.2 Å². The molecule has 0 amide bonds. The van der Waals surface area contributed by atoms with E-state index in [1.807, 2.05) is 18.2 Å². The number of rotatable bonds is 11. The van der Waals surface area contributed by atoms with Crippen LogP contribution in [0.1, 0.15) is 50.7 Å². The first kappa shape index (κ1) is 20.9. The molecule has 0 aliphatic heterocycles. The molecule has 0 bridgehead atoms. The van der Waals surface area contributed by atoms with E-state index in [1.165, 1.54) is 36.9 Å². The molecule has 2 aromatic carbocycles. The molecule has 27 heavy (non-hydrogen) atoms. The summed E-state index contributed by atoms with van der Waals surface area (Å²) < 4.78 is 10.9. The highest BCUT2D eigenvalue weighted by Gasteiger charge is 2.09. The first-order valence-electron chi connectivity index (χ1n) is 9.97. The fraction of sp³-hybridized carbons (Fsp3) is 0.417. The average molecular weight is 368 g/mol. The molecule has 0 radical (unpaired) electrons. The van der Waals surface area contributed by atoms with Crippen LogP contribution < -0.4 is 14.4 Å². The highest BCUT2D eigenvalue weighted by molar-refractivity contribution is 5.79. The lowest BCUT2D eigenvalue weighted by Gasteiger charge is -2.26. The zero-order chi connectivity index (χ0) is 19.5. The Morgan fingerprint density at radius 1 is 0.815 bits per heavy atom. The van der Waals surface area contributed by atoms with Gasteiger partial charge in [0.15, 0.2) is 0 Å². The van der Waals surface area contributed by atoms with E-state index in [9.17, 15) is 0 Å². The molecule has 3 heteroatoms. The fourth-order valence-electron chi connectivity index (χ4n) is 3.12. The third-order valence-electron chi connectivity index (χ3n) is 4.72. The van der Waals surface area contributed by atoms with E-state index < -0.39 is 0 Å². The smallest absolute Gasteiger partial charge is 0.126 e. The van der Waals surface area contributed by atoms with Crippen LogP contribution in [0, 0.1) is 0 Å². The molecule has 0 aliphatic rings. The second kappa shape index (κ2) is 11.3. The van der Waals surface area contributed by atoms with Crippen LogP contribution in [-0.2, 0) is 0 Å². The van der Waals surface area contributed by atoms with Gasteiger partial charge in [-0.15, -0.1) is 0 Å². The van der Waals surface area contributed by atoms with Gasteiger partial charge in [0.25, 0.3) is 0 Å². The van der Waals surface area contributed by atoms with Crippen LogP contribution in [0.2, 0.25) is 0 Å². The molecule has 3 nitrogen and oxygen atoms in total. The van der Waals surface area contributed by atoms with Crippen molar-refractivity contribution in [2.45, 2.75) is 39.5 Å². The van der Waals surface area contributed by atoms with Crippen LogP contribution in [0.4, 0.5) is 5.69 Å². The number of ether oxygens (including phenoxy) is 2. The van der Waals surface area contributed by atoms with Crippen molar-refractivity contribution in [2.75, 3.05) is 32.2 Å². The summed E-state index contributed by atoms with van der Waals surface area (Å²) >= 11 is 0. The molecule has 2 rings (SSSR count). The highest BCUT2D eigenvalue weighted by Crippen LogP contribution is 2.28. The molecule has 2 aromatic rings.